The van der Waals surface area contributed by atoms with Gasteiger partial charge in [0.1, 0.15) is 11.6 Å². The molecule has 4 fully saturated rings. The molecule has 0 unspecified atom stereocenters. The van der Waals surface area contributed by atoms with E-state index in [2.05, 4.69) is 14.8 Å². The normalized spacial score (nSPS) is 41.6. The van der Waals surface area contributed by atoms with E-state index in [9.17, 15) is 0 Å². The quantitative estimate of drug-likeness (QED) is 0.868. The first-order valence-electron chi connectivity index (χ1n) is 7.36. The van der Waals surface area contributed by atoms with Crippen molar-refractivity contribution in [3.8, 4) is 0 Å². The molecule has 0 saturated heterocycles. The van der Waals surface area contributed by atoms with Gasteiger partial charge in [0.25, 0.3) is 0 Å². The van der Waals surface area contributed by atoms with Crippen molar-refractivity contribution < 1.29 is 0 Å². The third-order valence-electron chi connectivity index (χ3n) is 5.45. The molecule has 4 bridgehead atoms. The summed E-state index contributed by atoms with van der Waals surface area (Å²) in [5.74, 6) is 5.57. The van der Waals surface area contributed by atoms with Crippen LogP contribution in [0.1, 0.15) is 49.8 Å². The minimum Gasteiger partial charge on any atom is -0.324 e. The second-order valence-electron chi connectivity index (χ2n) is 6.65. The van der Waals surface area contributed by atoms with Gasteiger partial charge < -0.3 is 5.73 Å². The van der Waals surface area contributed by atoms with Crippen LogP contribution >= 0.6 is 0 Å². The van der Waals surface area contributed by atoms with Crippen LogP contribution in [0.2, 0.25) is 0 Å². The van der Waals surface area contributed by atoms with E-state index < -0.39 is 0 Å². The molecule has 4 aliphatic rings. The van der Waals surface area contributed by atoms with Crippen molar-refractivity contribution in [1.82, 2.24) is 14.8 Å². The van der Waals surface area contributed by atoms with Gasteiger partial charge in [0.15, 0.2) is 0 Å². The van der Waals surface area contributed by atoms with Crippen LogP contribution in [-0.4, -0.2) is 14.8 Å². The lowest BCUT2D eigenvalue weighted by molar-refractivity contribution is -0.0348. The largest absolute Gasteiger partial charge is 0.324 e. The first kappa shape index (κ1) is 11.0. The molecule has 1 aromatic heterocycles. The summed E-state index contributed by atoms with van der Waals surface area (Å²) in [6.07, 6.45) is 7.17. The molecule has 0 amide bonds. The van der Waals surface area contributed by atoms with Crippen molar-refractivity contribution in [3.05, 3.63) is 11.6 Å². The highest BCUT2D eigenvalue weighted by atomic mass is 15.4. The van der Waals surface area contributed by atoms with Gasteiger partial charge in [-0.2, -0.15) is 5.10 Å². The first-order valence-corrected chi connectivity index (χ1v) is 7.36. The zero-order chi connectivity index (χ0) is 12.3. The van der Waals surface area contributed by atoms with E-state index in [0.717, 1.165) is 35.3 Å². The number of hydrogen-bond donors (Lipinski definition) is 1. The van der Waals surface area contributed by atoms with Crippen molar-refractivity contribution in [1.29, 1.82) is 0 Å². The summed E-state index contributed by atoms with van der Waals surface area (Å²) < 4.78 is 2.20. The highest BCUT2D eigenvalue weighted by molar-refractivity contribution is 5.03. The van der Waals surface area contributed by atoms with Crippen molar-refractivity contribution >= 4 is 0 Å². The molecule has 0 atom stereocenters. The molecule has 4 nitrogen and oxygen atoms in total. The van der Waals surface area contributed by atoms with Crippen LogP contribution in [-0.2, 0) is 6.54 Å². The Balaban J connectivity index is 1.72. The van der Waals surface area contributed by atoms with Crippen LogP contribution in [0.3, 0.4) is 0 Å². The molecular weight excluding hydrogens is 224 g/mol. The average molecular weight is 246 g/mol. The maximum absolute atomic E-state index is 5.83. The third-order valence-corrected chi connectivity index (χ3v) is 5.45. The monoisotopic (exact) mass is 246 g/mol. The Morgan fingerprint density at radius 1 is 1.11 bits per heavy atom. The summed E-state index contributed by atoms with van der Waals surface area (Å²) in [6, 6.07) is 0.595. The fraction of sp³-hybridized carbons (Fsp3) is 0.857. The number of hydrogen-bond acceptors (Lipinski definition) is 3. The standard InChI is InChI=1S/C14H22N4/c1-8-16-13(7-15)18(17-8)14-11-3-9-2-10(5-11)6-12(14)4-9/h9-12,14H,2-7,15H2,1H3. The molecule has 0 aliphatic heterocycles. The highest BCUT2D eigenvalue weighted by Crippen LogP contribution is 2.58. The first-order chi connectivity index (χ1) is 8.74. The van der Waals surface area contributed by atoms with Gasteiger partial charge in [-0.1, -0.05) is 0 Å². The second kappa shape index (κ2) is 3.80. The van der Waals surface area contributed by atoms with Gasteiger partial charge in [0, 0.05) is 0 Å². The lowest BCUT2D eigenvalue weighted by Gasteiger charge is -2.54. The van der Waals surface area contributed by atoms with E-state index >= 15 is 0 Å². The van der Waals surface area contributed by atoms with Crippen molar-refractivity contribution in [2.75, 3.05) is 0 Å². The number of rotatable bonds is 2. The maximum Gasteiger partial charge on any atom is 0.147 e. The van der Waals surface area contributed by atoms with Gasteiger partial charge in [0.2, 0.25) is 0 Å². The molecule has 98 valence electrons. The Hall–Kier alpha value is -0.900. The second-order valence-corrected chi connectivity index (χ2v) is 6.65. The number of aromatic nitrogens is 3. The average Bonchev–Trinajstić information content (AvgIpc) is 2.69. The van der Waals surface area contributed by atoms with Crippen LogP contribution in [0, 0.1) is 30.6 Å². The van der Waals surface area contributed by atoms with Crippen LogP contribution in [0.4, 0.5) is 0 Å². The molecule has 4 heteroatoms. The van der Waals surface area contributed by atoms with Gasteiger partial charge in [-0.25, -0.2) is 9.67 Å². The summed E-state index contributed by atoms with van der Waals surface area (Å²) in [5, 5.41) is 4.65. The Labute approximate surface area is 108 Å². The van der Waals surface area contributed by atoms with Crippen LogP contribution in [0.25, 0.3) is 0 Å². The van der Waals surface area contributed by atoms with Crippen molar-refractivity contribution in [2.45, 2.75) is 51.6 Å². The minimum absolute atomic E-state index is 0.517. The molecule has 4 saturated carbocycles. The van der Waals surface area contributed by atoms with Gasteiger partial charge in [-0.15, -0.1) is 0 Å². The molecule has 5 rings (SSSR count). The molecule has 1 aromatic rings. The molecule has 0 aromatic carbocycles. The van der Waals surface area contributed by atoms with Crippen LogP contribution < -0.4 is 5.73 Å². The van der Waals surface area contributed by atoms with Gasteiger partial charge in [-0.3, -0.25) is 0 Å². The lowest BCUT2D eigenvalue weighted by Crippen LogP contribution is -2.46. The smallest absolute Gasteiger partial charge is 0.147 e. The zero-order valence-corrected chi connectivity index (χ0v) is 11.0. The summed E-state index contributed by atoms with van der Waals surface area (Å²) in [6.45, 7) is 2.50. The number of aryl methyl sites for hydroxylation is 1. The minimum atomic E-state index is 0.517. The van der Waals surface area contributed by atoms with Gasteiger partial charge in [0.05, 0.1) is 12.6 Å². The topological polar surface area (TPSA) is 56.7 Å². The molecule has 0 radical (unpaired) electrons. The Morgan fingerprint density at radius 2 is 1.72 bits per heavy atom. The summed E-state index contributed by atoms with van der Waals surface area (Å²) in [5.41, 5.74) is 5.83. The molecule has 2 N–H and O–H groups in total. The molecule has 4 aliphatic carbocycles. The zero-order valence-electron chi connectivity index (χ0n) is 11.0. The third kappa shape index (κ3) is 1.48. The maximum atomic E-state index is 5.83. The predicted molar refractivity (Wildman–Crippen MR) is 68.7 cm³/mol. The molecule has 0 spiro atoms. The van der Waals surface area contributed by atoms with Crippen molar-refractivity contribution in [3.63, 3.8) is 0 Å². The molecular formula is C14H22N4. The van der Waals surface area contributed by atoms with E-state index in [-0.39, 0.29) is 0 Å². The summed E-state index contributed by atoms with van der Waals surface area (Å²) >= 11 is 0. The molecule has 18 heavy (non-hydrogen) atoms. The number of nitrogens with zero attached hydrogens (tertiary/aromatic N) is 3. The predicted octanol–water partition coefficient (Wildman–Crippen LogP) is 2.04. The number of nitrogens with two attached hydrogens (primary N) is 1. The van der Waals surface area contributed by atoms with Crippen LogP contribution in [0.15, 0.2) is 0 Å². The highest BCUT2D eigenvalue weighted by Gasteiger charge is 2.49. The van der Waals surface area contributed by atoms with E-state index in [4.69, 9.17) is 5.73 Å². The Kier molecular flexibility index (Phi) is 2.31. The SMILES string of the molecule is Cc1nc(CN)n(C2C3CC4CC(C3)CC2C4)n1. The van der Waals surface area contributed by atoms with E-state index in [1.54, 1.807) is 0 Å². The van der Waals surface area contributed by atoms with E-state index in [1.807, 2.05) is 6.92 Å². The van der Waals surface area contributed by atoms with Crippen LogP contribution in [0.5, 0.6) is 0 Å². The van der Waals surface area contributed by atoms with Crippen molar-refractivity contribution in [2.24, 2.45) is 29.4 Å². The van der Waals surface area contributed by atoms with Gasteiger partial charge >= 0.3 is 0 Å². The Morgan fingerprint density at radius 3 is 2.28 bits per heavy atom. The summed E-state index contributed by atoms with van der Waals surface area (Å²) in [4.78, 5) is 4.49. The fourth-order valence-corrected chi connectivity index (χ4v) is 5.15. The Bertz CT molecular complexity index is 436. The summed E-state index contributed by atoms with van der Waals surface area (Å²) in [7, 11) is 0. The molecule has 1 heterocycles. The fourth-order valence-electron chi connectivity index (χ4n) is 5.15. The van der Waals surface area contributed by atoms with E-state index in [1.165, 1.54) is 32.1 Å². The lowest BCUT2D eigenvalue weighted by atomic mass is 9.54. The van der Waals surface area contributed by atoms with E-state index in [0.29, 0.717) is 12.6 Å². The van der Waals surface area contributed by atoms with Gasteiger partial charge in [-0.05, 0) is 62.7 Å².